The molecule has 2 saturated carbocycles. The molecule has 0 radical (unpaired) electrons. The van der Waals surface area contributed by atoms with Crippen molar-refractivity contribution in [3.63, 3.8) is 0 Å². The molecule has 2 aromatic rings. The first-order chi connectivity index (χ1) is 15.3. The van der Waals surface area contributed by atoms with E-state index >= 15 is 0 Å². The number of benzene rings is 2. The first-order valence-electron chi connectivity index (χ1n) is 11.9. The van der Waals surface area contributed by atoms with Crippen molar-refractivity contribution in [3.05, 3.63) is 53.8 Å². The summed E-state index contributed by atoms with van der Waals surface area (Å²) in [6.07, 6.45) is 6.17. The van der Waals surface area contributed by atoms with Crippen molar-refractivity contribution < 1.29 is 22.3 Å². The number of halogens is 4. The normalized spacial score (nSPS) is 25.9. The monoisotopic (exact) mass is 448 g/mol. The molecule has 2 aromatic carbocycles. The van der Waals surface area contributed by atoms with Crippen molar-refractivity contribution in [2.24, 2.45) is 17.8 Å². The van der Waals surface area contributed by atoms with Crippen molar-refractivity contribution in [2.45, 2.75) is 70.4 Å². The Hall–Kier alpha value is -2.04. The van der Waals surface area contributed by atoms with E-state index in [1.54, 1.807) is 6.07 Å². The lowest BCUT2D eigenvalue weighted by molar-refractivity contribution is -0.153. The fraction of sp³-hybridized carbons (Fsp3) is 0.556. The molecule has 2 aliphatic carbocycles. The van der Waals surface area contributed by atoms with Gasteiger partial charge in [0.05, 0.1) is 0 Å². The van der Waals surface area contributed by atoms with E-state index in [0.717, 1.165) is 23.3 Å². The lowest BCUT2D eigenvalue weighted by Crippen LogP contribution is -2.30. The van der Waals surface area contributed by atoms with Gasteiger partial charge < -0.3 is 4.74 Å². The molecule has 0 N–H and O–H groups in total. The van der Waals surface area contributed by atoms with Gasteiger partial charge in [-0.2, -0.15) is 13.2 Å². The summed E-state index contributed by atoms with van der Waals surface area (Å²) in [4.78, 5) is 0. The van der Waals surface area contributed by atoms with Gasteiger partial charge in [0.25, 0.3) is 0 Å². The second kappa shape index (κ2) is 9.84. The molecule has 2 fully saturated rings. The van der Waals surface area contributed by atoms with Crippen LogP contribution in [0.5, 0.6) is 5.75 Å². The Balaban J connectivity index is 1.38. The third-order valence-electron chi connectivity index (χ3n) is 7.46. The maximum Gasteiger partial charge on any atom is 0.422 e. The number of hydrogen-bond acceptors (Lipinski definition) is 1. The van der Waals surface area contributed by atoms with Gasteiger partial charge in [-0.15, -0.1) is 0 Å². The van der Waals surface area contributed by atoms with Crippen LogP contribution in [-0.4, -0.2) is 12.8 Å². The Morgan fingerprint density at radius 3 is 2.25 bits per heavy atom. The topological polar surface area (TPSA) is 9.23 Å². The Kier molecular flexibility index (Phi) is 7.11. The quantitative estimate of drug-likeness (QED) is 0.402. The molecular formula is C27H32F4O. The third kappa shape index (κ3) is 5.65. The van der Waals surface area contributed by atoms with E-state index in [0.29, 0.717) is 11.5 Å². The summed E-state index contributed by atoms with van der Waals surface area (Å²) >= 11 is 0. The zero-order valence-corrected chi connectivity index (χ0v) is 18.6. The fourth-order valence-electron chi connectivity index (χ4n) is 5.86. The molecule has 0 amide bonds. The summed E-state index contributed by atoms with van der Waals surface area (Å²) in [5.41, 5.74) is 2.82. The van der Waals surface area contributed by atoms with Crippen LogP contribution in [0.4, 0.5) is 17.6 Å². The van der Waals surface area contributed by atoms with Gasteiger partial charge in [0.15, 0.2) is 18.2 Å². The number of hydrogen-bond donors (Lipinski definition) is 0. The Morgan fingerprint density at radius 2 is 1.56 bits per heavy atom. The van der Waals surface area contributed by atoms with Gasteiger partial charge in [0.2, 0.25) is 0 Å². The highest BCUT2D eigenvalue weighted by atomic mass is 19.4. The SMILES string of the molecule is CCCC1CCC2CC(c3ccc(-c4ccc(OCC(F)(F)F)c(F)c4)cc3)CCC2C1. The average molecular weight is 449 g/mol. The van der Waals surface area contributed by atoms with Gasteiger partial charge in [-0.3, -0.25) is 0 Å². The molecule has 0 bridgehead atoms. The van der Waals surface area contributed by atoms with E-state index in [4.69, 9.17) is 0 Å². The van der Waals surface area contributed by atoms with Crippen molar-refractivity contribution in [1.82, 2.24) is 0 Å². The van der Waals surface area contributed by atoms with E-state index in [-0.39, 0.29) is 5.75 Å². The van der Waals surface area contributed by atoms with Gasteiger partial charge in [-0.25, -0.2) is 4.39 Å². The zero-order chi connectivity index (χ0) is 22.7. The van der Waals surface area contributed by atoms with Crippen LogP contribution in [0, 0.1) is 23.6 Å². The first kappa shape index (κ1) is 23.1. The molecule has 0 spiro atoms. The maximum absolute atomic E-state index is 14.2. The molecule has 5 heteroatoms. The molecule has 0 aliphatic heterocycles. The van der Waals surface area contributed by atoms with E-state index in [9.17, 15) is 17.6 Å². The van der Waals surface area contributed by atoms with Crippen LogP contribution < -0.4 is 4.74 Å². The predicted molar refractivity (Wildman–Crippen MR) is 119 cm³/mol. The minimum Gasteiger partial charge on any atom is -0.481 e. The summed E-state index contributed by atoms with van der Waals surface area (Å²) in [6, 6.07) is 12.4. The number of fused-ring (bicyclic) bond motifs is 1. The molecule has 4 unspecified atom stereocenters. The zero-order valence-electron chi connectivity index (χ0n) is 18.6. The van der Waals surface area contributed by atoms with Gasteiger partial charge in [0, 0.05) is 0 Å². The molecule has 174 valence electrons. The van der Waals surface area contributed by atoms with Gasteiger partial charge >= 0.3 is 6.18 Å². The van der Waals surface area contributed by atoms with Crippen molar-refractivity contribution in [3.8, 4) is 16.9 Å². The van der Waals surface area contributed by atoms with Crippen molar-refractivity contribution >= 4 is 0 Å². The second-order valence-corrected chi connectivity index (χ2v) is 9.67. The van der Waals surface area contributed by atoms with Crippen LogP contribution in [0.2, 0.25) is 0 Å². The van der Waals surface area contributed by atoms with Crippen molar-refractivity contribution in [1.29, 1.82) is 0 Å². The number of alkyl halides is 3. The van der Waals surface area contributed by atoms with Gasteiger partial charge in [0.1, 0.15) is 0 Å². The Bertz CT molecular complexity index is 890. The molecule has 32 heavy (non-hydrogen) atoms. The van der Waals surface area contributed by atoms with E-state index < -0.39 is 18.6 Å². The Morgan fingerprint density at radius 1 is 0.875 bits per heavy atom. The molecule has 1 nitrogen and oxygen atoms in total. The summed E-state index contributed by atoms with van der Waals surface area (Å²) in [5.74, 6) is 2.10. The fourth-order valence-corrected chi connectivity index (χ4v) is 5.86. The van der Waals surface area contributed by atoms with E-state index in [2.05, 4.69) is 23.8 Å². The lowest BCUT2D eigenvalue weighted by Gasteiger charge is -2.42. The van der Waals surface area contributed by atoms with Gasteiger partial charge in [-0.1, -0.05) is 56.5 Å². The van der Waals surface area contributed by atoms with Crippen molar-refractivity contribution in [2.75, 3.05) is 6.61 Å². The van der Waals surface area contributed by atoms with E-state index in [1.807, 2.05) is 12.1 Å². The highest BCUT2D eigenvalue weighted by molar-refractivity contribution is 5.64. The predicted octanol–water partition coefficient (Wildman–Crippen LogP) is 8.53. The molecular weight excluding hydrogens is 416 g/mol. The highest BCUT2D eigenvalue weighted by Crippen LogP contribution is 2.48. The second-order valence-electron chi connectivity index (χ2n) is 9.67. The average Bonchev–Trinajstić information content (AvgIpc) is 2.77. The van der Waals surface area contributed by atoms with Crippen LogP contribution >= 0.6 is 0 Å². The molecule has 0 heterocycles. The summed E-state index contributed by atoms with van der Waals surface area (Å²) in [7, 11) is 0. The summed E-state index contributed by atoms with van der Waals surface area (Å²) in [6.45, 7) is 0.789. The molecule has 4 rings (SSSR count). The lowest BCUT2D eigenvalue weighted by atomic mass is 9.63. The standard InChI is InChI=1S/C27H32F4O/c1-2-3-18-4-5-23-15-22(11-10-21(23)14-18)19-6-8-20(9-7-19)24-12-13-26(25(28)16-24)32-17-27(29,30)31/h6-9,12-13,16,18,21-23H,2-5,10-11,14-15,17H2,1H3. The van der Waals surface area contributed by atoms with Crippen LogP contribution in [-0.2, 0) is 0 Å². The summed E-state index contributed by atoms with van der Waals surface area (Å²) < 4.78 is 55.7. The summed E-state index contributed by atoms with van der Waals surface area (Å²) in [5, 5.41) is 0. The number of rotatable bonds is 6. The van der Waals surface area contributed by atoms with E-state index in [1.165, 1.54) is 69.1 Å². The largest absolute Gasteiger partial charge is 0.481 e. The van der Waals surface area contributed by atoms with Crippen LogP contribution in [0.25, 0.3) is 11.1 Å². The first-order valence-corrected chi connectivity index (χ1v) is 11.9. The third-order valence-corrected chi connectivity index (χ3v) is 7.46. The van der Waals surface area contributed by atoms with Crippen LogP contribution in [0.1, 0.15) is 69.8 Å². The Labute approximate surface area is 188 Å². The maximum atomic E-state index is 14.2. The molecule has 4 atom stereocenters. The minimum absolute atomic E-state index is 0.381. The molecule has 0 aromatic heterocycles. The van der Waals surface area contributed by atoms with Crippen LogP contribution in [0.15, 0.2) is 42.5 Å². The smallest absolute Gasteiger partial charge is 0.422 e. The minimum atomic E-state index is -4.49. The van der Waals surface area contributed by atoms with Crippen LogP contribution in [0.3, 0.4) is 0 Å². The molecule has 2 aliphatic rings. The number of ether oxygens (including phenoxy) is 1. The molecule has 0 saturated heterocycles. The highest BCUT2D eigenvalue weighted by Gasteiger charge is 2.35. The van der Waals surface area contributed by atoms with Gasteiger partial charge in [-0.05, 0) is 84.6 Å².